The molecule has 3 aromatic heterocycles. The minimum atomic E-state index is -0.455. The fourth-order valence-electron chi connectivity index (χ4n) is 3.18. The van der Waals surface area contributed by atoms with E-state index in [1.165, 1.54) is 11.3 Å². The summed E-state index contributed by atoms with van der Waals surface area (Å²) in [6.45, 7) is 3.83. The van der Waals surface area contributed by atoms with E-state index in [-0.39, 0.29) is 0 Å². The van der Waals surface area contributed by atoms with Crippen LogP contribution in [0.2, 0.25) is 0 Å². The van der Waals surface area contributed by atoms with Gasteiger partial charge in [0, 0.05) is 36.7 Å². The molecule has 8 heteroatoms. The molecule has 0 aromatic carbocycles. The van der Waals surface area contributed by atoms with Gasteiger partial charge in [0.2, 0.25) is 0 Å². The van der Waals surface area contributed by atoms with Crippen molar-refractivity contribution in [1.29, 1.82) is 0 Å². The Hall–Kier alpha value is -2.48. The predicted octanol–water partition coefficient (Wildman–Crippen LogP) is 1.98. The molecule has 7 nitrogen and oxygen atoms in total. The zero-order chi connectivity index (χ0) is 16.7. The molecule has 1 aliphatic heterocycles. The highest BCUT2D eigenvalue weighted by atomic mass is 32.1. The van der Waals surface area contributed by atoms with Gasteiger partial charge >= 0.3 is 0 Å². The molecule has 124 valence electrons. The summed E-state index contributed by atoms with van der Waals surface area (Å²) in [6.07, 6.45) is 3.82. The molecule has 24 heavy (non-hydrogen) atoms. The number of aromatic nitrogens is 4. The number of thiazole rings is 1. The summed E-state index contributed by atoms with van der Waals surface area (Å²) in [5.74, 6) is 1.00. The van der Waals surface area contributed by atoms with E-state index < -0.39 is 5.91 Å². The first-order valence-electron chi connectivity index (χ1n) is 7.93. The first-order chi connectivity index (χ1) is 11.6. The van der Waals surface area contributed by atoms with Crippen molar-refractivity contribution in [3.8, 4) is 0 Å². The maximum atomic E-state index is 11.2. The van der Waals surface area contributed by atoms with Crippen LogP contribution in [0.1, 0.15) is 39.9 Å². The van der Waals surface area contributed by atoms with Gasteiger partial charge in [0.1, 0.15) is 11.5 Å². The molecule has 0 radical (unpaired) electrons. The van der Waals surface area contributed by atoms with Gasteiger partial charge in [-0.05, 0) is 25.8 Å². The van der Waals surface area contributed by atoms with Crippen molar-refractivity contribution in [3.63, 3.8) is 0 Å². The molecule has 1 amide bonds. The van der Waals surface area contributed by atoms with E-state index in [4.69, 9.17) is 5.73 Å². The van der Waals surface area contributed by atoms with Gasteiger partial charge in [-0.1, -0.05) is 0 Å². The van der Waals surface area contributed by atoms with Crippen LogP contribution >= 0.6 is 11.3 Å². The molecular formula is C16H18N6OS. The summed E-state index contributed by atoms with van der Waals surface area (Å²) < 4.78 is 1.91. The fourth-order valence-corrected chi connectivity index (χ4v) is 4.16. The van der Waals surface area contributed by atoms with Crippen LogP contribution in [-0.2, 0) is 0 Å². The Morgan fingerprint density at radius 2 is 2.17 bits per heavy atom. The second-order valence-corrected chi connectivity index (χ2v) is 6.94. The molecular weight excluding hydrogens is 324 g/mol. The molecule has 0 atom stereocenters. The Morgan fingerprint density at radius 3 is 2.88 bits per heavy atom. The van der Waals surface area contributed by atoms with Crippen molar-refractivity contribution in [3.05, 3.63) is 40.1 Å². The van der Waals surface area contributed by atoms with E-state index in [1.807, 2.05) is 29.8 Å². The highest BCUT2D eigenvalue weighted by Gasteiger charge is 2.25. The standard InChI is InChI=1S/C16H18N6OS/c1-10-8-13-18-5-2-14(22(13)20-10)21-6-3-11(4-7-21)16-19-12(9-24-16)15(17)23/h2,5,8-9,11H,3-4,6-7H2,1H3,(H2,17,23). The maximum Gasteiger partial charge on any atom is 0.268 e. The number of nitrogens with zero attached hydrogens (tertiary/aromatic N) is 5. The van der Waals surface area contributed by atoms with Crippen LogP contribution in [0.5, 0.6) is 0 Å². The molecule has 0 spiro atoms. The third-order valence-electron chi connectivity index (χ3n) is 4.40. The third-order valence-corrected chi connectivity index (χ3v) is 5.41. The van der Waals surface area contributed by atoms with Gasteiger partial charge in [-0.25, -0.2) is 9.97 Å². The first kappa shape index (κ1) is 15.1. The van der Waals surface area contributed by atoms with Crippen LogP contribution < -0.4 is 10.6 Å². The van der Waals surface area contributed by atoms with Crippen molar-refractivity contribution in [1.82, 2.24) is 19.6 Å². The smallest absolute Gasteiger partial charge is 0.268 e. The van der Waals surface area contributed by atoms with E-state index in [1.54, 1.807) is 5.38 Å². The summed E-state index contributed by atoms with van der Waals surface area (Å²) in [5, 5.41) is 7.30. The lowest BCUT2D eigenvalue weighted by atomic mass is 9.97. The van der Waals surface area contributed by atoms with E-state index in [0.29, 0.717) is 11.6 Å². The topological polar surface area (TPSA) is 89.4 Å². The van der Waals surface area contributed by atoms with Crippen LogP contribution in [-0.4, -0.2) is 38.6 Å². The number of carbonyl (C=O) groups excluding carboxylic acids is 1. The van der Waals surface area contributed by atoms with Crippen molar-refractivity contribution >= 4 is 28.7 Å². The lowest BCUT2D eigenvalue weighted by Crippen LogP contribution is -2.34. The Bertz CT molecular complexity index is 893. The first-order valence-corrected chi connectivity index (χ1v) is 8.81. The third kappa shape index (κ3) is 2.62. The Kier molecular flexibility index (Phi) is 3.68. The highest BCUT2D eigenvalue weighted by Crippen LogP contribution is 2.32. The second-order valence-electron chi connectivity index (χ2n) is 6.06. The zero-order valence-electron chi connectivity index (χ0n) is 13.3. The van der Waals surface area contributed by atoms with Crippen LogP contribution in [0.4, 0.5) is 5.82 Å². The summed E-state index contributed by atoms with van der Waals surface area (Å²) in [4.78, 5) is 22.3. The molecule has 3 aromatic rings. The number of anilines is 1. The van der Waals surface area contributed by atoms with Crippen molar-refractivity contribution < 1.29 is 4.79 Å². The molecule has 1 saturated heterocycles. The number of aryl methyl sites for hydroxylation is 1. The number of hydrogen-bond donors (Lipinski definition) is 1. The predicted molar refractivity (Wildman–Crippen MR) is 92.5 cm³/mol. The number of carbonyl (C=O) groups is 1. The number of rotatable bonds is 3. The fraction of sp³-hybridized carbons (Fsp3) is 0.375. The number of piperidine rings is 1. The number of hydrogen-bond acceptors (Lipinski definition) is 6. The zero-order valence-corrected chi connectivity index (χ0v) is 14.2. The Labute approximate surface area is 143 Å². The van der Waals surface area contributed by atoms with Crippen LogP contribution in [0.25, 0.3) is 5.65 Å². The number of nitrogens with two attached hydrogens (primary N) is 1. The van der Waals surface area contributed by atoms with Gasteiger partial charge < -0.3 is 10.6 Å². The largest absolute Gasteiger partial charge is 0.364 e. The molecule has 2 N–H and O–H groups in total. The lowest BCUT2D eigenvalue weighted by Gasteiger charge is -2.32. The summed E-state index contributed by atoms with van der Waals surface area (Å²) in [7, 11) is 0. The van der Waals surface area contributed by atoms with Crippen LogP contribution in [0, 0.1) is 6.92 Å². The highest BCUT2D eigenvalue weighted by molar-refractivity contribution is 7.09. The summed E-state index contributed by atoms with van der Waals surface area (Å²) >= 11 is 1.53. The monoisotopic (exact) mass is 342 g/mol. The quantitative estimate of drug-likeness (QED) is 0.786. The summed E-state index contributed by atoms with van der Waals surface area (Å²) in [5.41, 5.74) is 7.50. The molecule has 0 unspecified atom stereocenters. The molecule has 4 rings (SSSR count). The van der Waals surface area contributed by atoms with Crippen molar-refractivity contribution in [2.24, 2.45) is 5.73 Å². The van der Waals surface area contributed by atoms with Crippen LogP contribution in [0.15, 0.2) is 23.7 Å². The average Bonchev–Trinajstić information content (AvgIpc) is 3.20. The molecule has 0 aliphatic carbocycles. The second kappa shape index (κ2) is 5.86. The van der Waals surface area contributed by atoms with E-state index >= 15 is 0 Å². The molecule has 1 aliphatic rings. The van der Waals surface area contributed by atoms with Gasteiger partial charge in [-0.2, -0.15) is 9.61 Å². The van der Waals surface area contributed by atoms with Crippen LogP contribution in [0.3, 0.4) is 0 Å². The SMILES string of the molecule is Cc1cc2nccc(N3CCC(c4nc(C(N)=O)cs4)CC3)n2n1. The van der Waals surface area contributed by atoms with Gasteiger partial charge in [0.25, 0.3) is 5.91 Å². The Morgan fingerprint density at radius 1 is 1.38 bits per heavy atom. The minimum Gasteiger partial charge on any atom is -0.364 e. The number of fused-ring (bicyclic) bond motifs is 1. The molecule has 1 fully saturated rings. The Balaban J connectivity index is 1.52. The lowest BCUT2D eigenvalue weighted by molar-refractivity contribution is 0.0996. The van der Waals surface area contributed by atoms with Gasteiger partial charge in [0.05, 0.1) is 10.7 Å². The van der Waals surface area contributed by atoms with Crippen molar-refractivity contribution in [2.45, 2.75) is 25.7 Å². The van der Waals surface area contributed by atoms with Gasteiger partial charge in [-0.3, -0.25) is 4.79 Å². The van der Waals surface area contributed by atoms with E-state index in [2.05, 4.69) is 20.0 Å². The van der Waals surface area contributed by atoms with E-state index in [9.17, 15) is 4.79 Å². The molecule has 4 heterocycles. The number of primary amides is 1. The summed E-state index contributed by atoms with van der Waals surface area (Å²) in [6, 6.07) is 3.99. The van der Waals surface area contributed by atoms with E-state index in [0.717, 1.165) is 48.1 Å². The maximum absolute atomic E-state index is 11.2. The molecule has 0 saturated carbocycles. The van der Waals surface area contributed by atoms with Crippen molar-refractivity contribution in [2.75, 3.05) is 18.0 Å². The molecule has 0 bridgehead atoms. The van der Waals surface area contributed by atoms with Gasteiger partial charge in [0.15, 0.2) is 5.65 Å². The minimum absolute atomic E-state index is 0.375. The average molecular weight is 342 g/mol. The number of amides is 1. The normalized spacial score (nSPS) is 16.0. The van der Waals surface area contributed by atoms with Gasteiger partial charge in [-0.15, -0.1) is 11.3 Å².